The van der Waals surface area contributed by atoms with Crippen molar-refractivity contribution >= 4 is 18.3 Å². The van der Waals surface area contributed by atoms with Crippen LogP contribution in [0, 0.1) is 5.92 Å². The van der Waals surface area contributed by atoms with Gasteiger partial charge in [-0.2, -0.15) is 5.10 Å². The molecule has 0 saturated heterocycles. The highest BCUT2D eigenvalue weighted by Gasteiger charge is 2.28. The van der Waals surface area contributed by atoms with E-state index in [2.05, 4.69) is 10.4 Å². The second-order valence-electron chi connectivity index (χ2n) is 5.02. The smallest absolute Gasteiger partial charge is 0.254 e. The summed E-state index contributed by atoms with van der Waals surface area (Å²) < 4.78 is 1.70. The van der Waals surface area contributed by atoms with Crippen molar-refractivity contribution in [2.45, 2.75) is 38.6 Å². The van der Waals surface area contributed by atoms with E-state index in [4.69, 9.17) is 5.73 Å². The van der Waals surface area contributed by atoms with Crippen LogP contribution < -0.4 is 11.1 Å². The van der Waals surface area contributed by atoms with Gasteiger partial charge in [0.2, 0.25) is 0 Å². The second kappa shape index (κ2) is 6.91. The number of aryl methyl sites for hydroxylation is 2. The molecule has 1 aromatic heterocycles. The molecule has 1 aromatic rings. The molecule has 1 aliphatic rings. The topological polar surface area (TPSA) is 72.9 Å². The van der Waals surface area contributed by atoms with Crippen molar-refractivity contribution in [1.82, 2.24) is 15.1 Å². The van der Waals surface area contributed by atoms with Gasteiger partial charge in [-0.15, -0.1) is 12.4 Å². The molecule has 0 bridgehead atoms. The molecular weight excluding hydrogens is 264 g/mol. The minimum Gasteiger partial charge on any atom is -0.349 e. The Morgan fingerprint density at radius 1 is 1.58 bits per heavy atom. The molecule has 0 spiro atoms. The number of aromatic nitrogens is 2. The number of nitrogens with one attached hydrogen (secondary N) is 1. The van der Waals surface area contributed by atoms with Crippen LogP contribution in [0.2, 0.25) is 0 Å². The molecule has 2 unspecified atom stereocenters. The summed E-state index contributed by atoms with van der Waals surface area (Å²) in [6.07, 6.45) is 5.88. The third kappa shape index (κ3) is 3.48. The Labute approximate surface area is 120 Å². The number of carbonyl (C=O) groups excluding carboxylic acids is 1. The molecule has 3 N–H and O–H groups in total. The third-order valence-corrected chi connectivity index (χ3v) is 3.76. The molecule has 5 nitrogen and oxygen atoms in total. The maximum Gasteiger partial charge on any atom is 0.254 e. The van der Waals surface area contributed by atoms with Gasteiger partial charge in [0.15, 0.2) is 0 Å². The molecular formula is C13H23ClN4O. The highest BCUT2D eigenvalue weighted by Crippen LogP contribution is 2.25. The predicted molar refractivity (Wildman–Crippen MR) is 77.5 cm³/mol. The first-order valence-corrected chi connectivity index (χ1v) is 6.69. The fourth-order valence-electron chi connectivity index (χ4n) is 2.74. The first-order chi connectivity index (χ1) is 8.65. The number of hydrogen-bond acceptors (Lipinski definition) is 3. The Bertz CT molecular complexity index is 432. The van der Waals surface area contributed by atoms with Gasteiger partial charge in [0.05, 0.1) is 11.3 Å². The summed E-state index contributed by atoms with van der Waals surface area (Å²) in [7, 11) is 1.84. The average Bonchev–Trinajstić information content (AvgIpc) is 2.94. The van der Waals surface area contributed by atoms with Gasteiger partial charge in [0, 0.05) is 19.3 Å². The molecule has 108 valence electrons. The van der Waals surface area contributed by atoms with Crippen LogP contribution in [0.15, 0.2) is 6.20 Å². The summed E-state index contributed by atoms with van der Waals surface area (Å²) in [5.41, 5.74) is 7.29. The molecule has 6 heteroatoms. The average molecular weight is 287 g/mol. The zero-order valence-corrected chi connectivity index (χ0v) is 12.4. The van der Waals surface area contributed by atoms with Crippen molar-refractivity contribution in [2.75, 3.05) is 6.54 Å². The van der Waals surface area contributed by atoms with Crippen LogP contribution >= 0.6 is 12.4 Å². The molecule has 1 amide bonds. The van der Waals surface area contributed by atoms with Gasteiger partial charge in [-0.05, 0) is 31.7 Å². The van der Waals surface area contributed by atoms with Gasteiger partial charge in [-0.3, -0.25) is 9.48 Å². The highest BCUT2D eigenvalue weighted by atomic mass is 35.5. The lowest BCUT2D eigenvalue weighted by Gasteiger charge is -2.19. The Balaban J connectivity index is 0.00000180. The lowest BCUT2D eigenvalue weighted by Crippen LogP contribution is -2.40. The first-order valence-electron chi connectivity index (χ1n) is 6.69. The molecule has 19 heavy (non-hydrogen) atoms. The summed E-state index contributed by atoms with van der Waals surface area (Å²) in [4.78, 5) is 12.2. The van der Waals surface area contributed by atoms with E-state index in [0.29, 0.717) is 18.0 Å². The standard InChI is InChI=1S/C13H22N4O.ClH/c1-3-11-10(8-17(2)16-11)13(18)15-12-6-4-5-9(12)7-14;/h8-9,12H,3-7,14H2,1-2H3,(H,15,18);1H. The molecule has 0 radical (unpaired) electrons. The quantitative estimate of drug-likeness (QED) is 0.875. The molecule has 0 aromatic carbocycles. The van der Waals surface area contributed by atoms with E-state index in [9.17, 15) is 4.79 Å². The number of hydrogen-bond donors (Lipinski definition) is 2. The number of nitrogens with zero attached hydrogens (tertiary/aromatic N) is 2. The van der Waals surface area contributed by atoms with Crippen molar-refractivity contribution < 1.29 is 4.79 Å². The highest BCUT2D eigenvalue weighted by molar-refractivity contribution is 5.95. The van der Waals surface area contributed by atoms with E-state index < -0.39 is 0 Å². The summed E-state index contributed by atoms with van der Waals surface area (Å²) in [5, 5.41) is 7.41. The predicted octanol–water partition coefficient (Wildman–Crippen LogP) is 1.26. The van der Waals surface area contributed by atoms with Crippen LogP contribution in [0.4, 0.5) is 0 Å². The molecule has 1 saturated carbocycles. The van der Waals surface area contributed by atoms with Gasteiger partial charge in [0.1, 0.15) is 0 Å². The van der Waals surface area contributed by atoms with E-state index in [0.717, 1.165) is 31.4 Å². The van der Waals surface area contributed by atoms with E-state index in [1.54, 1.807) is 10.9 Å². The molecule has 1 aliphatic carbocycles. The minimum absolute atomic E-state index is 0. The zero-order valence-electron chi connectivity index (χ0n) is 11.6. The second-order valence-corrected chi connectivity index (χ2v) is 5.02. The van der Waals surface area contributed by atoms with E-state index >= 15 is 0 Å². The van der Waals surface area contributed by atoms with Crippen LogP contribution in [0.1, 0.15) is 42.2 Å². The van der Waals surface area contributed by atoms with Gasteiger partial charge >= 0.3 is 0 Å². The fourth-order valence-corrected chi connectivity index (χ4v) is 2.74. The lowest BCUT2D eigenvalue weighted by atomic mass is 10.0. The molecule has 2 rings (SSSR count). The number of carbonyl (C=O) groups is 1. The summed E-state index contributed by atoms with van der Waals surface area (Å²) in [5.74, 6) is 0.418. The van der Waals surface area contributed by atoms with Crippen molar-refractivity contribution in [2.24, 2.45) is 18.7 Å². The molecule has 1 fully saturated rings. The normalized spacial score (nSPS) is 22.1. The van der Waals surface area contributed by atoms with E-state index in [1.807, 2.05) is 14.0 Å². The van der Waals surface area contributed by atoms with Crippen LogP contribution in [-0.4, -0.2) is 28.3 Å². The van der Waals surface area contributed by atoms with Gasteiger partial charge in [-0.25, -0.2) is 0 Å². The molecule has 0 aliphatic heterocycles. The number of rotatable bonds is 4. The maximum atomic E-state index is 12.2. The molecule has 2 atom stereocenters. The van der Waals surface area contributed by atoms with Crippen LogP contribution in [0.5, 0.6) is 0 Å². The Morgan fingerprint density at radius 3 is 2.95 bits per heavy atom. The largest absolute Gasteiger partial charge is 0.349 e. The molecule has 1 heterocycles. The van der Waals surface area contributed by atoms with Crippen LogP contribution in [0.3, 0.4) is 0 Å². The van der Waals surface area contributed by atoms with Crippen molar-refractivity contribution in [1.29, 1.82) is 0 Å². The van der Waals surface area contributed by atoms with E-state index in [-0.39, 0.29) is 24.4 Å². The summed E-state index contributed by atoms with van der Waals surface area (Å²) in [6.45, 7) is 2.66. The van der Waals surface area contributed by atoms with Crippen LogP contribution in [-0.2, 0) is 13.5 Å². The number of amides is 1. The Morgan fingerprint density at radius 2 is 2.32 bits per heavy atom. The zero-order chi connectivity index (χ0) is 13.1. The third-order valence-electron chi connectivity index (χ3n) is 3.76. The van der Waals surface area contributed by atoms with Gasteiger partial charge in [0.25, 0.3) is 5.91 Å². The maximum absolute atomic E-state index is 12.2. The first kappa shape index (κ1) is 16.0. The van der Waals surface area contributed by atoms with E-state index in [1.165, 1.54) is 0 Å². The van der Waals surface area contributed by atoms with Gasteiger partial charge < -0.3 is 11.1 Å². The van der Waals surface area contributed by atoms with Crippen LogP contribution in [0.25, 0.3) is 0 Å². The Kier molecular flexibility index (Phi) is 5.82. The monoisotopic (exact) mass is 286 g/mol. The SMILES string of the molecule is CCc1nn(C)cc1C(=O)NC1CCCC1CN.Cl. The number of halogens is 1. The van der Waals surface area contributed by atoms with Crippen molar-refractivity contribution in [3.63, 3.8) is 0 Å². The van der Waals surface area contributed by atoms with Crippen molar-refractivity contribution in [3.8, 4) is 0 Å². The number of nitrogens with two attached hydrogens (primary N) is 1. The fraction of sp³-hybridized carbons (Fsp3) is 0.692. The Hall–Kier alpha value is -1.07. The van der Waals surface area contributed by atoms with Crippen molar-refractivity contribution in [3.05, 3.63) is 17.5 Å². The van der Waals surface area contributed by atoms with Gasteiger partial charge in [-0.1, -0.05) is 13.3 Å². The summed E-state index contributed by atoms with van der Waals surface area (Å²) >= 11 is 0. The summed E-state index contributed by atoms with van der Waals surface area (Å²) in [6, 6.07) is 0.229. The minimum atomic E-state index is -0.00898. The lowest BCUT2D eigenvalue weighted by molar-refractivity contribution is 0.0928.